The fourth-order valence-electron chi connectivity index (χ4n) is 4.82. The summed E-state index contributed by atoms with van der Waals surface area (Å²) in [5.74, 6) is 0.150. The summed E-state index contributed by atoms with van der Waals surface area (Å²) in [5, 5.41) is 15.3. The summed E-state index contributed by atoms with van der Waals surface area (Å²) < 4.78 is 29.3. The standard InChI is InChI=1S/C30H24N6O3S/c31-19-22(29-32-27-11-5-4-10-26(27)30(37)33-29)18-23-20-36(24-8-2-1-3-9-24)34-28(23)21-12-14-25(15-13-21)40(38,39)35-16-6-7-17-35/h1-5,8-15,18,20H,6-7,16-17H2,(H,32,33,37)/b22-18-. The normalized spacial score (nSPS) is 14.4. The molecule has 0 spiro atoms. The first-order valence-corrected chi connectivity index (χ1v) is 14.2. The first-order chi connectivity index (χ1) is 19.4. The van der Waals surface area contributed by atoms with Crippen molar-refractivity contribution in [3.05, 3.63) is 107 Å². The van der Waals surface area contributed by atoms with Crippen LogP contribution in [0.2, 0.25) is 0 Å². The number of nitrogens with zero attached hydrogens (tertiary/aromatic N) is 5. The number of hydrogen-bond donors (Lipinski definition) is 1. The topological polar surface area (TPSA) is 125 Å². The molecule has 0 amide bonds. The van der Waals surface area contributed by atoms with Gasteiger partial charge >= 0.3 is 0 Å². The van der Waals surface area contributed by atoms with Crippen molar-refractivity contribution >= 4 is 32.6 Å². The van der Waals surface area contributed by atoms with E-state index in [1.807, 2.05) is 30.3 Å². The maximum Gasteiger partial charge on any atom is 0.259 e. The van der Waals surface area contributed by atoms with Crippen molar-refractivity contribution in [3.8, 4) is 23.0 Å². The van der Waals surface area contributed by atoms with E-state index in [4.69, 9.17) is 5.10 Å². The zero-order chi connectivity index (χ0) is 27.7. The van der Waals surface area contributed by atoms with Gasteiger partial charge in [-0.25, -0.2) is 18.1 Å². The molecule has 1 N–H and O–H groups in total. The van der Waals surface area contributed by atoms with E-state index in [0.29, 0.717) is 40.8 Å². The minimum atomic E-state index is -3.56. The van der Waals surface area contributed by atoms with Crippen LogP contribution in [-0.4, -0.2) is 45.6 Å². The molecule has 9 nitrogen and oxygen atoms in total. The Balaban J connectivity index is 1.45. The second-order valence-corrected chi connectivity index (χ2v) is 11.4. The molecule has 3 heterocycles. The van der Waals surface area contributed by atoms with Crippen molar-refractivity contribution in [1.29, 1.82) is 5.26 Å². The SMILES string of the molecule is N#C/C(=C/c1cn(-c2ccccc2)nc1-c1ccc(S(=O)(=O)N2CCCC2)cc1)c1nc2ccccc2c(=O)[nH]1. The molecule has 198 valence electrons. The lowest BCUT2D eigenvalue weighted by Crippen LogP contribution is -2.27. The van der Waals surface area contributed by atoms with Crippen molar-refractivity contribution in [2.24, 2.45) is 0 Å². The van der Waals surface area contributed by atoms with E-state index >= 15 is 0 Å². The van der Waals surface area contributed by atoms with E-state index in [1.54, 1.807) is 65.5 Å². The second kappa shape index (κ2) is 10.4. The Bertz CT molecular complexity index is 1950. The number of fused-ring (bicyclic) bond motifs is 1. The number of para-hydroxylation sites is 2. The highest BCUT2D eigenvalue weighted by Gasteiger charge is 2.27. The van der Waals surface area contributed by atoms with Gasteiger partial charge in [0.25, 0.3) is 5.56 Å². The molecule has 1 aliphatic rings. The van der Waals surface area contributed by atoms with Crippen LogP contribution in [-0.2, 0) is 10.0 Å². The minimum absolute atomic E-state index is 0.150. The van der Waals surface area contributed by atoms with Crippen LogP contribution in [0.5, 0.6) is 0 Å². The Morgan fingerprint density at radius 3 is 2.38 bits per heavy atom. The van der Waals surface area contributed by atoms with Crippen molar-refractivity contribution in [3.63, 3.8) is 0 Å². The first-order valence-electron chi connectivity index (χ1n) is 12.8. The van der Waals surface area contributed by atoms with Crippen molar-refractivity contribution in [1.82, 2.24) is 24.1 Å². The number of nitriles is 1. The summed E-state index contributed by atoms with van der Waals surface area (Å²) in [4.78, 5) is 20.1. The Hall–Kier alpha value is -4.85. The average Bonchev–Trinajstić information content (AvgIpc) is 3.68. The first kappa shape index (κ1) is 25.4. The second-order valence-electron chi connectivity index (χ2n) is 9.45. The van der Waals surface area contributed by atoms with Crippen molar-refractivity contribution in [2.75, 3.05) is 13.1 Å². The molecule has 2 aromatic heterocycles. The molecule has 1 fully saturated rings. The van der Waals surface area contributed by atoms with Gasteiger partial charge in [0.2, 0.25) is 10.0 Å². The highest BCUT2D eigenvalue weighted by molar-refractivity contribution is 7.89. The maximum absolute atomic E-state index is 13.0. The lowest BCUT2D eigenvalue weighted by molar-refractivity contribution is 0.477. The van der Waals surface area contributed by atoms with Crippen LogP contribution in [0.3, 0.4) is 0 Å². The molecule has 0 aliphatic carbocycles. The van der Waals surface area contributed by atoms with Gasteiger partial charge in [0.05, 0.1) is 32.8 Å². The van der Waals surface area contributed by atoms with E-state index in [-0.39, 0.29) is 21.9 Å². The van der Waals surface area contributed by atoms with Crippen LogP contribution in [0, 0.1) is 11.3 Å². The van der Waals surface area contributed by atoms with E-state index in [9.17, 15) is 18.5 Å². The number of sulfonamides is 1. The van der Waals surface area contributed by atoms with Gasteiger partial charge in [0.15, 0.2) is 5.82 Å². The zero-order valence-corrected chi connectivity index (χ0v) is 22.2. The highest BCUT2D eigenvalue weighted by atomic mass is 32.2. The molecular formula is C30H24N6O3S. The van der Waals surface area contributed by atoms with E-state index in [0.717, 1.165) is 18.5 Å². The minimum Gasteiger partial charge on any atom is -0.305 e. The molecular weight excluding hydrogens is 524 g/mol. The number of nitrogens with one attached hydrogen (secondary N) is 1. The number of rotatable bonds is 6. The summed E-state index contributed by atoms with van der Waals surface area (Å²) in [5.41, 5.74) is 2.95. The van der Waals surface area contributed by atoms with Crippen LogP contribution in [0.1, 0.15) is 24.2 Å². The van der Waals surface area contributed by atoms with E-state index in [1.165, 1.54) is 4.31 Å². The fourth-order valence-corrected chi connectivity index (χ4v) is 6.33. The molecule has 0 unspecified atom stereocenters. The summed E-state index contributed by atoms with van der Waals surface area (Å²) >= 11 is 0. The summed E-state index contributed by atoms with van der Waals surface area (Å²) in [7, 11) is -3.56. The van der Waals surface area contributed by atoms with Crippen LogP contribution in [0.4, 0.5) is 0 Å². The number of aromatic nitrogens is 4. The number of allylic oxidation sites excluding steroid dienone is 1. The van der Waals surface area contributed by atoms with Crippen molar-refractivity contribution < 1.29 is 8.42 Å². The summed E-state index contributed by atoms with van der Waals surface area (Å²) in [6, 6.07) is 25.2. The molecule has 1 saturated heterocycles. The molecule has 5 aromatic rings. The average molecular weight is 549 g/mol. The quantitative estimate of drug-likeness (QED) is 0.309. The fraction of sp³-hybridized carbons (Fsp3) is 0.133. The molecule has 0 radical (unpaired) electrons. The molecule has 40 heavy (non-hydrogen) atoms. The van der Waals surface area contributed by atoms with E-state index < -0.39 is 10.0 Å². The van der Waals surface area contributed by atoms with Gasteiger partial charge in [-0.1, -0.05) is 42.5 Å². The monoisotopic (exact) mass is 548 g/mol. The molecule has 1 aliphatic heterocycles. The van der Waals surface area contributed by atoms with Gasteiger partial charge in [0.1, 0.15) is 6.07 Å². The molecule has 6 rings (SSSR count). The summed E-state index contributed by atoms with van der Waals surface area (Å²) in [6.07, 6.45) is 5.14. The van der Waals surface area contributed by atoms with Gasteiger partial charge < -0.3 is 4.98 Å². The number of benzene rings is 3. The molecule has 0 atom stereocenters. The Labute approximate surface area is 230 Å². The van der Waals surface area contributed by atoms with Gasteiger partial charge in [0, 0.05) is 30.4 Å². The van der Waals surface area contributed by atoms with Gasteiger partial charge in [-0.2, -0.15) is 14.7 Å². The van der Waals surface area contributed by atoms with Gasteiger partial charge in [-0.15, -0.1) is 0 Å². The lowest BCUT2D eigenvalue weighted by atomic mass is 10.1. The smallest absolute Gasteiger partial charge is 0.259 e. The zero-order valence-electron chi connectivity index (χ0n) is 21.4. The third-order valence-electron chi connectivity index (χ3n) is 6.88. The predicted molar refractivity (Wildman–Crippen MR) is 153 cm³/mol. The van der Waals surface area contributed by atoms with Crippen LogP contribution in [0.15, 0.2) is 94.7 Å². The molecule has 10 heteroatoms. The van der Waals surface area contributed by atoms with E-state index in [2.05, 4.69) is 16.0 Å². The van der Waals surface area contributed by atoms with Crippen LogP contribution < -0.4 is 5.56 Å². The summed E-state index contributed by atoms with van der Waals surface area (Å²) in [6.45, 7) is 1.06. The Morgan fingerprint density at radius 2 is 1.65 bits per heavy atom. The molecule has 3 aromatic carbocycles. The highest BCUT2D eigenvalue weighted by Crippen LogP contribution is 2.29. The Kier molecular flexibility index (Phi) is 6.59. The predicted octanol–water partition coefficient (Wildman–Crippen LogP) is 4.62. The van der Waals surface area contributed by atoms with Gasteiger partial charge in [-0.3, -0.25) is 4.79 Å². The van der Waals surface area contributed by atoms with Crippen LogP contribution in [0.25, 0.3) is 39.5 Å². The molecule has 0 bridgehead atoms. The number of H-pyrrole nitrogens is 1. The third kappa shape index (κ3) is 4.73. The lowest BCUT2D eigenvalue weighted by Gasteiger charge is -2.15. The van der Waals surface area contributed by atoms with Gasteiger partial charge in [-0.05, 0) is 55.3 Å². The Morgan fingerprint density at radius 1 is 0.950 bits per heavy atom. The maximum atomic E-state index is 13.0. The largest absolute Gasteiger partial charge is 0.305 e. The number of hydrogen-bond acceptors (Lipinski definition) is 6. The molecule has 0 saturated carbocycles. The third-order valence-corrected chi connectivity index (χ3v) is 8.79. The van der Waals surface area contributed by atoms with Crippen LogP contribution >= 0.6 is 0 Å². The number of aromatic amines is 1. The van der Waals surface area contributed by atoms with Crippen molar-refractivity contribution in [2.45, 2.75) is 17.7 Å².